The molecule has 0 aliphatic heterocycles. The Morgan fingerprint density at radius 1 is 1.00 bits per heavy atom. The van der Waals surface area contributed by atoms with E-state index in [-0.39, 0.29) is 5.56 Å². The van der Waals surface area contributed by atoms with Crippen LogP contribution in [-0.2, 0) is 0 Å². The van der Waals surface area contributed by atoms with Crippen molar-refractivity contribution in [1.82, 2.24) is 5.32 Å². The second-order valence-corrected chi connectivity index (χ2v) is 5.18. The summed E-state index contributed by atoms with van der Waals surface area (Å²) in [7, 11) is 0. The lowest BCUT2D eigenvalue weighted by atomic mass is 9.98. The number of hydrogen-bond acceptors (Lipinski definition) is 1. The lowest BCUT2D eigenvalue weighted by Gasteiger charge is -2.21. The van der Waals surface area contributed by atoms with Crippen molar-refractivity contribution in [3.05, 3.63) is 69.4 Å². The van der Waals surface area contributed by atoms with Crippen LogP contribution in [0.25, 0.3) is 0 Å². The fourth-order valence-corrected chi connectivity index (χ4v) is 2.54. The molecule has 0 amide bonds. The summed E-state index contributed by atoms with van der Waals surface area (Å²) in [6.07, 6.45) is 0. The smallest absolute Gasteiger partial charge is 0.128 e. The van der Waals surface area contributed by atoms with Gasteiger partial charge in [-0.1, -0.05) is 22.9 Å². The van der Waals surface area contributed by atoms with Gasteiger partial charge in [-0.3, -0.25) is 0 Å². The Kier molecular flexibility index (Phi) is 4.83. The van der Waals surface area contributed by atoms with Crippen LogP contribution in [0.5, 0.6) is 0 Å². The molecule has 5 heteroatoms. The fraction of sp³-hybridized carbons (Fsp3) is 0.200. The van der Waals surface area contributed by atoms with Crippen LogP contribution in [0.3, 0.4) is 0 Å². The molecule has 106 valence electrons. The van der Waals surface area contributed by atoms with Crippen LogP contribution in [0.4, 0.5) is 13.2 Å². The highest BCUT2D eigenvalue weighted by molar-refractivity contribution is 9.10. The zero-order valence-corrected chi connectivity index (χ0v) is 12.3. The lowest BCUT2D eigenvalue weighted by Crippen LogP contribution is -2.23. The Morgan fingerprint density at radius 3 is 2.25 bits per heavy atom. The Hall–Kier alpha value is -1.33. The van der Waals surface area contributed by atoms with Crippen LogP contribution in [0.15, 0.2) is 40.9 Å². The predicted molar refractivity (Wildman–Crippen MR) is 76.0 cm³/mol. The molecule has 0 aromatic heterocycles. The number of rotatable bonds is 4. The van der Waals surface area contributed by atoms with Gasteiger partial charge in [-0.25, -0.2) is 13.2 Å². The third-order valence-corrected chi connectivity index (χ3v) is 3.67. The van der Waals surface area contributed by atoms with Gasteiger partial charge >= 0.3 is 0 Å². The van der Waals surface area contributed by atoms with Gasteiger partial charge in [-0.2, -0.15) is 0 Å². The van der Waals surface area contributed by atoms with Gasteiger partial charge in [0.25, 0.3) is 0 Å². The molecule has 0 saturated carbocycles. The Bertz CT molecular complexity index is 565. The quantitative estimate of drug-likeness (QED) is 0.857. The van der Waals surface area contributed by atoms with E-state index in [0.717, 1.165) is 18.2 Å². The van der Waals surface area contributed by atoms with Gasteiger partial charge in [0.15, 0.2) is 0 Å². The Labute approximate surface area is 123 Å². The average molecular weight is 344 g/mol. The summed E-state index contributed by atoms with van der Waals surface area (Å²) in [5.74, 6) is -1.49. The number of hydrogen-bond donors (Lipinski definition) is 1. The molecule has 1 N–H and O–H groups in total. The summed E-state index contributed by atoms with van der Waals surface area (Å²) in [5.41, 5.74) is 0.675. The van der Waals surface area contributed by atoms with Crippen molar-refractivity contribution in [2.24, 2.45) is 0 Å². The van der Waals surface area contributed by atoms with E-state index in [1.807, 2.05) is 6.92 Å². The number of halogens is 4. The van der Waals surface area contributed by atoms with Gasteiger partial charge in [0.2, 0.25) is 0 Å². The highest BCUT2D eigenvalue weighted by atomic mass is 79.9. The average Bonchev–Trinajstić information content (AvgIpc) is 2.42. The summed E-state index contributed by atoms with van der Waals surface area (Å²) in [6.45, 7) is 2.38. The molecule has 0 fully saturated rings. The van der Waals surface area contributed by atoms with Gasteiger partial charge in [-0.05, 0) is 48.5 Å². The summed E-state index contributed by atoms with van der Waals surface area (Å²) in [4.78, 5) is 0. The highest BCUT2D eigenvalue weighted by Gasteiger charge is 2.20. The number of nitrogens with one attached hydrogen (secondary N) is 1. The molecule has 20 heavy (non-hydrogen) atoms. The van der Waals surface area contributed by atoms with E-state index >= 15 is 0 Å². The van der Waals surface area contributed by atoms with Crippen molar-refractivity contribution in [2.75, 3.05) is 6.54 Å². The van der Waals surface area contributed by atoms with Crippen molar-refractivity contribution >= 4 is 15.9 Å². The predicted octanol–water partition coefficient (Wildman–Crippen LogP) is 4.57. The molecule has 0 radical (unpaired) electrons. The first-order valence-corrected chi connectivity index (χ1v) is 6.95. The molecule has 0 heterocycles. The fourth-order valence-electron chi connectivity index (χ4n) is 2.06. The Morgan fingerprint density at radius 2 is 1.60 bits per heavy atom. The standard InChI is InChI=1S/C15H13BrF3N/c1-2-20-15(11-7-9(17)3-5-13(11)16)12-8-10(18)4-6-14(12)19/h3-8,15,20H,2H2,1H3. The summed E-state index contributed by atoms with van der Waals surface area (Å²) in [5, 5.41) is 3.05. The molecule has 0 aliphatic carbocycles. The zero-order chi connectivity index (χ0) is 14.7. The molecule has 0 aliphatic rings. The monoisotopic (exact) mass is 343 g/mol. The first-order valence-electron chi connectivity index (χ1n) is 6.16. The lowest BCUT2D eigenvalue weighted by molar-refractivity contribution is 0.541. The van der Waals surface area contributed by atoms with E-state index in [1.54, 1.807) is 6.07 Å². The minimum Gasteiger partial charge on any atom is -0.306 e. The van der Waals surface area contributed by atoms with Gasteiger partial charge in [-0.15, -0.1) is 0 Å². The third-order valence-electron chi connectivity index (χ3n) is 2.95. The van der Waals surface area contributed by atoms with Crippen LogP contribution in [-0.4, -0.2) is 6.54 Å². The molecule has 2 rings (SSSR count). The van der Waals surface area contributed by atoms with Crippen molar-refractivity contribution in [2.45, 2.75) is 13.0 Å². The van der Waals surface area contributed by atoms with Crippen molar-refractivity contribution in [3.63, 3.8) is 0 Å². The molecular formula is C15H13BrF3N. The third kappa shape index (κ3) is 3.22. The summed E-state index contributed by atoms with van der Waals surface area (Å²) in [6, 6.07) is 6.79. The topological polar surface area (TPSA) is 12.0 Å². The molecule has 0 spiro atoms. The van der Waals surface area contributed by atoms with Crippen LogP contribution < -0.4 is 5.32 Å². The van der Waals surface area contributed by atoms with Crippen LogP contribution in [0.1, 0.15) is 24.1 Å². The molecule has 1 atom stereocenters. The van der Waals surface area contributed by atoms with E-state index in [4.69, 9.17) is 0 Å². The molecule has 0 saturated heterocycles. The molecule has 2 aromatic carbocycles. The maximum Gasteiger partial charge on any atom is 0.128 e. The molecule has 0 bridgehead atoms. The van der Waals surface area contributed by atoms with Gasteiger partial charge in [0, 0.05) is 10.0 Å². The van der Waals surface area contributed by atoms with Crippen molar-refractivity contribution < 1.29 is 13.2 Å². The largest absolute Gasteiger partial charge is 0.306 e. The van der Waals surface area contributed by atoms with Gasteiger partial charge < -0.3 is 5.32 Å². The molecule has 1 unspecified atom stereocenters. The van der Waals surface area contributed by atoms with Crippen LogP contribution in [0, 0.1) is 17.5 Å². The maximum absolute atomic E-state index is 13.9. The SMILES string of the molecule is CCNC(c1cc(F)ccc1F)c1cc(F)ccc1Br. The normalized spacial score (nSPS) is 12.4. The Balaban J connectivity index is 2.55. The van der Waals surface area contributed by atoms with E-state index in [0.29, 0.717) is 16.6 Å². The molecular weight excluding hydrogens is 331 g/mol. The zero-order valence-electron chi connectivity index (χ0n) is 10.8. The van der Waals surface area contributed by atoms with Crippen LogP contribution >= 0.6 is 15.9 Å². The molecule has 1 nitrogen and oxygen atoms in total. The first kappa shape index (κ1) is 15.1. The summed E-state index contributed by atoms with van der Waals surface area (Å²) < 4.78 is 41.4. The van der Waals surface area contributed by atoms with Gasteiger partial charge in [0.1, 0.15) is 17.5 Å². The first-order chi connectivity index (χ1) is 9.52. The minimum atomic E-state index is -0.624. The minimum absolute atomic E-state index is 0.151. The van der Waals surface area contributed by atoms with E-state index in [9.17, 15) is 13.2 Å². The van der Waals surface area contributed by atoms with Crippen molar-refractivity contribution in [3.8, 4) is 0 Å². The van der Waals surface area contributed by atoms with Crippen molar-refractivity contribution in [1.29, 1.82) is 0 Å². The number of benzene rings is 2. The van der Waals surface area contributed by atoms with Crippen LogP contribution in [0.2, 0.25) is 0 Å². The second kappa shape index (κ2) is 6.41. The van der Waals surface area contributed by atoms with E-state index < -0.39 is 23.5 Å². The van der Waals surface area contributed by atoms with E-state index in [1.165, 1.54) is 12.1 Å². The second-order valence-electron chi connectivity index (χ2n) is 4.32. The highest BCUT2D eigenvalue weighted by Crippen LogP contribution is 2.31. The maximum atomic E-state index is 13.9. The molecule has 2 aromatic rings. The van der Waals surface area contributed by atoms with Gasteiger partial charge in [0.05, 0.1) is 6.04 Å². The summed E-state index contributed by atoms with van der Waals surface area (Å²) >= 11 is 3.32. The van der Waals surface area contributed by atoms with E-state index in [2.05, 4.69) is 21.2 Å².